The van der Waals surface area contributed by atoms with E-state index in [1.54, 1.807) is 4.68 Å². The van der Waals surface area contributed by atoms with E-state index in [2.05, 4.69) is 33.2 Å². The molecule has 0 bridgehead atoms. The minimum Gasteiger partial charge on any atom is -0.388 e. The summed E-state index contributed by atoms with van der Waals surface area (Å²) in [7, 11) is 0. The van der Waals surface area contributed by atoms with Crippen molar-refractivity contribution in [1.82, 2.24) is 24.2 Å². The number of nitrogens with zero attached hydrogens (tertiary/aromatic N) is 7. The third-order valence-electron chi connectivity index (χ3n) is 8.31. The molecule has 1 N–H and O–H groups in total. The SMILES string of the molecule is N#CCC1CCCN(c2ccc(-n3ncc4c(=O)n(CC5(O)CCN(C(=O)C6CC6)CC5)cnc43)cc2)C1. The minimum atomic E-state index is -1.05. The van der Waals surface area contributed by atoms with Gasteiger partial charge >= 0.3 is 0 Å². The third-order valence-corrected chi connectivity index (χ3v) is 8.31. The van der Waals surface area contributed by atoms with Crippen LogP contribution in [0.1, 0.15) is 44.9 Å². The number of likely N-dealkylation sites (tertiary alicyclic amines) is 1. The van der Waals surface area contributed by atoms with Crippen molar-refractivity contribution < 1.29 is 9.90 Å². The summed E-state index contributed by atoms with van der Waals surface area (Å²) in [6.07, 6.45) is 8.62. The van der Waals surface area contributed by atoms with Crippen molar-refractivity contribution in [1.29, 1.82) is 5.26 Å². The van der Waals surface area contributed by atoms with Gasteiger partial charge in [-0.25, -0.2) is 9.67 Å². The Balaban J connectivity index is 1.16. The molecule has 3 aliphatic rings. The first-order valence-electron chi connectivity index (χ1n) is 13.6. The van der Waals surface area contributed by atoms with Crippen molar-refractivity contribution in [2.45, 2.75) is 57.1 Å². The number of amides is 1. The smallest absolute Gasteiger partial charge is 0.264 e. The highest BCUT2D eigenvalue weighted by atomic mass is 16.3. The predicted molar refractivity (Wildman–Crippen MR) is 142 cm³/mol. The van der Waals surface area contributed by atoms with Crippen molar-refractivity contribution in [2.24, 2.45) is 11.8 Å². The molecular formula is C28H33N7O3. The number of piperidine rings is 2. The van der Waals surface area contributed by atoms with E-state index in [0.29, 0.717) is 49.3 Å². The molecule has 0 spiro atoms. The fourth-order valence-electron chi connectivity index (χ4n) is 5.86. The highest BCUT2D eigenvalue weighted by Crippen LogP contribution is 2.33. The van der Waals surface area contributed by atoms with Gasteiger partial charge in [-0.3, -0.25) is 14.2 Å². The van der Waals surface area contributed by atoms with Crippen molar-refractivity contribution in [2.75, 3.05) is 31.1 Å². The van der Waals surface area contributed by atoms with E-state index in [1.165, 1.54) is 17.1 Å². The Morgan fingerprint density at radius 2 is 1.84 bits per heavy atom. The van der Waals surface area contributed by atoms with Crippen LogP contribution in [0.3, 0.4) is 0 Å². The fourth-order valence-corrected chi connectivity index (χ4v) is 5.86. The average molecular weight is 516 g/mol. The molecule has 1 aromatic carbocycles. The maximum atomic E-state index is 13.3. The standard InChI is InChI=1S/C28H33N7O3/c29-12-9-20-2-1-13-33(17-20)22-5-7-23(8-6-22)35-25-24(16-31-35)27(37)34(19-30-25)18-28(38)10-14-32(15-11-28)26(36)21-3-4-21/h5-8,16,19-21,38H,1-4,9-11,13-15,17-18H2. The quantitative estimate of drug-likeness (QED) is 0.535. The van der Waals surface area contributed by atoms with Crippen LogP contribution < -0.4 is 10.5 Å². The number of benzene rings is 1. The second-order valence-electron chi connectivity index (χ2n) is 11.1. The molecule has 0 radical (unpaired) electrons. The molecule has 1 unspecified atom stereocenters. The lowest BCUT2D eigenvalue weighted by atomic mass is 9.91. The van der Waals surface area contributed by atoms with E-state index in [-0.39, 0.29) is 23.9 Å². The fraction of sp³-hybridized carbons (Fsp3) is 0.536. The molecule has 38 heavy (non-hydrogen) atoms. The number of hydrogen-bond donors (Lipinski definition) is 1. The normalized spacial score (nSPS) is 21.4. The molecule has 4 heterocycles. The Labute approximate surface area is 221 Å². The van der Waals surface area contributed by atoms with Crippen LogP contribution in [0.2, 0.25) is 0 Å². The number of aromatic nitrogens is 4. The molecule has 1 aliphatic carbocycles. The van der Waals surface area contributed by atoms with Crippen LogP contribution in [-0.4, -0.2) is 67.0 Å². The summed E-state index contributed by atoms with van der Waals surface area (Å²) in [5.41, 5.74) is 1.11. The molecule has 3 fully saturated rings. The number of hydrogen-bond acceptors (Lipinski definition) is 7. The molecule has 2 aliphatic heterocycles. The molecular weight excluding hydrogens is 482 g/mol. The van der Waals surface area contributed by atoms with Gasteiger partial charge in [-0.2, -0.15) is 10.4 Å². The highest BCUT2D eigenvalue weighted by molar-refractivity contribution is 5.81. The summed E-state index contributed by atoms with van der Waals surface area (Å²) >= 11 is 0. The second-order valence-corrected chi connectivity index (χ2v) is 11.1. The van der Waals surface area contributed by atoms with Gasteiger partial charge < -0.3 is 14.9 Å². The first-order chi connectivity index (χ1) is 18.4. The van der Waals surface area contributed by atoms with Crippen molar-refractivity contribution in [3.05, 3.63) is 47.1 Å². The van der Waals surface area contributed by atoms with Gasteiger partial charge in [0.05, 0.1) is 30.1 Å². The maximum absolute atomic E-state index is 13.3. The molecule has 3 aromatic rings. The molecule has 1 saturated carbocycles. The number of rotatable bonds is 6. The Morgan fingerprint density at radius 1 is 1.11 bits per heavy atom. The van der Waals surface area contributed by atoms with Gasteiger partial charge in [0.25, 0.3) is 5.56 Å². The average Bonchev–Trinajstić information content (AvgIpc) is 3.69. The molecule has 198 valence electrons. The topological polar surface area (TPSA) is 120 Å². The largest absolute Gasteiger partial charge is 0.388 e. The summed E-state index contributed by atoms with van der Waals surface area (Å²) in [5.74, 6) is 0.785. The van der Waals surface area contributed by atoms with Crippen LogP contribution >= 0.6 is 0 Å². The lowest BCUT2D eigenvalue weighted by Gasteiger charge is -2.38. The summed E-state index contributed by atoms with van der Waals surface area (Å²) in [6.45, 7) is 3.04. The zero-order valence-corrected chi connectivity index (χ0v) is 21.5. The zero-order valence-electron chi connectivity index (χ0n) is 21.5. The van der Waals surface area contributed by atoms with Crippen LogP contribution in [-0.2, 0) is 11.3 Å². The molecule has 2 aromatic heterocycles. The van der Waals surface area contributed by atoms with Crippen LogP contribution in [0, 0.1) is 23.2 Å². The molecule has 6 rings (SSSR count). The maximum Gasteiger partial charge on any atom is 0.264 e. The van der Waals surface area contributed by atoms with Gasteiger partial charge in [-0.1, -0.05) is 0 Å². The number of aliphatic hydroxyl groups is 1. The van der Waals surface area contributed by atoms with E-state index >= 15 is 0 Å². The van der Waals surface area contributed by atoms with Crippen LogP contribution in [0.4, 0.5) is 5.69 Å². The highest BCUT2D eigenvalue weighted by Gasteiger charge is 2.39. The minimum absolute atomic E-state index is 0.142. The Kier molecular flexibility index (Phi) is 6.40. The van der Waals surface area contributed by atoms with E-state index in [1.807, 2.05) is 17.0 Å². The predicted octanol–water partition coefficient (Wildman–Crippen LogP) is 2.48. The lowest BCUT2D eigenvalue weighted by molar-refractivity contribution is -0.137. The summed E-state index contributed by atoms with van der Waals surface area (Å²) in [6, 6.07) is 10.3. The first kappa shape index (κ1) is 24.6. The van der Waals surface area contributed by atoms with Gasteiger partial charge in [0.15, 0.2) is 5.65 Å². The number of nitriles is 1. The first-order valence-corrected chi connectivity index (χ1v) is 13.6. The van der Waals surface area contributed by atoms with Gasteiger partial charge in [0.2, 0.25) is 5.91 Å². The number of carbonyl (C=O) groups is 1. The van der Waals surface area contributed by atoms with Gasteiger partial charge in [-0.05, 0) is 68.7 Å². The molecule has 1 amide bonds. The molecule has 1 atom stereocenters. The van der Waals surface area contributed by atoms with Crippen LogP contribution in [0.5, 0.6) is 0 Å². The molecule has 10 heteroatoms. The van der Waals surface area contributed by atoms with Crippen LogP contribution in [0.25, 0.3) is 16.7 Å². The summed E-state index contributed by atoms with van der Waals surface area (Å²) < 4.78 is 3.13. The Morgan fingerprint density at radius 3 is 2.55 bits per heavy atom. The van der Waals surface area contributed by atoms with Crippen molar-refractivity contribution in [3.63, 3.8) is 0 Å². The van der Waals surface area contributed by atoms with Crippen molar-refractivity contribution in [3.8, 4) is 11.8 Å². The molecule has 2 saturated heterocycles. The summed E-state index contributed by atoms with van der Waals surface area (Å²) in [4.78, 5) is 34.3. The third kappa shape index (κ3) is 4.78. The van der Waals surface area contributed by atoms with E-state index in [4.69, 9.17) is 5.26 Å². The Bertz CT molecular complexity index is 1430. The number of anilines is 1. The number of carbonyl (C=O) groups excluding carboxylic acids is 1. The zero-order chi connectivity index (χ0) is 26.3. The van der Waals surface area contributed by atoms with Crippen molar-refractivity contribution >= 4 is 22.6 Å². The lowest BCUT2D eigenvalue weighted by Crippen LogP contribution is -2.50. The number of fused-ring (bicyclic) bond motifs is 1. The van der Waals surface area contributed by atoms with E-state index < -0.39 is 5.60 Å². The van der Waals surface area contributed by atoms with E-state index in [9.17, 15) is 14.7 Å². The molecule has 10 nitrogen and oxygen atoms in total. The van der Waals surface area contributed by atoms with Crippen LogP contribution in [0.15, 0.2) is 41.6 Å². The Hall–Kier alpha value is -3.71. The van der Waals surface area contributed by atoms with Gasteiger partial charge in [0, 0.05) is 44.2 Å². The van der Waals surface area contributed by atoms with Gasteiger partial charge in [-0.15, -0.1) is 0 Å². The monoisotopic (exact) mass is 515 g/mol. The van der Waals surface area contributed by atoms with E-state index in [0.717, 1.165) is 50.1 Å². The van der Waals surface area contributed by atoms with Gasteiger partial charge in [0.1, 0.15) is 11.7 Å². The summed E-state index contributed by atoms with van der Waals surface area (Å²) in [5, 5.41) is 25.1. The second kappa shape index (κ2) is 9.87.